The second-order valence-corrected chi connectivity index (χ2v) is 4.32. The third-order valence-electron chi connectivity index (χ3n) is 3.18. The number of rotatable bonds is 3. The maximum Gasteiger partial charge on any atom is 0.170 e. The minimum atomic E-state index is 0.117. The van der Waals surface area contributed by atoms with Gasteiger partial charge in [0.2, 0.25) is 0 Å². The average Bonchev–Trinajstić information content (AvgIpc) is 2.87. The molecule has 1 aromatic carbocycles. The summed E-state index contributed by atoms with van der Waals surface area (Å²) >= 11 is 0. The van der Waals surface area contributed by atoms with Crippen molar-refractivity contribution in [3.05, 3.63) is 29.8 Å². The molecule has 0 aromatic heterocycles. The minimum Gasteiger partial charge on any atom is -0.409 e. The van der Waals surface area contributed by atoms with E-state index in [2.05, 4.69) is 10.1 Å². The highest BCUT2D eigenvalue weighted by Crippen LogP contribution is 2.23. The van der Waals surface area contributed by atoms with Gasteiger partial charge in [-0.3, -0.25) is 0 Å². The van der Waals surface area contributed by atoms with Crippen LogP contribution in [-0.2, 0) is 0 Å². The molecule has 0 spiro atoms. The van der Waals surface area contributed by atoms with Crippen molar-refractivity contribution >= 4 is 11.5 Å². The summed E-state index contributed by atoms with van der Waals surface area (Å²) in [6, 6.07) is 7.56. The van der Waals surface area contributed by atoms with Crippen molar-refractivity contribution in [2.24, 2.45) is 16.8 Å². The smallest absolute Gasteiger partial charge is 0.170 e. The van der Waals surface area contributed by atoms with Crippen LogP contribution in [-0.4, -0.2) is 35.8 Å². The molecule has 1 aromatic rings. The molecule has 1 aliphatic rings. The first-order chi connectivity index (χ1) is 8.24. The topological polar surface area (TPSA) is 82.1 Å². The van der Waals surface area contributed by atoms with Crippen molar-refractivity contribution < 1.29 is 10.3 Å². The van der Waals surface area contributed by atoms with E-state index < -0.39 is 0 Å². The molecule has 1 heterocycles. The van der Waals surface area contributed by atoms with Gasteiger partial charge in [-0.15, -0.1) is 0 Å². The Morgan fingerprint density at radius 2 is 2.12 bits per heavy atom. The fourth-order valence-electron chi connectivity index (χ4n) is 2.12. The maximum absolute atomic E-state index is 9.09. The van der Waals surface area contributed by atoms with Gasteiger partial charge >= 0.3 is 0 Å². The summed E-state index contributed by atoms with van der Waals surface area (Å²) in [7, 11) is 0. The lowest BCUT2D eigenvalue weighted by Gasteiger charge is -2.18. The van der Waals surface area contributed by atoms with Gasteiger partial charge in [0.1, 0.15) is 0 Å². The van der Waals surface area contributed by atoms with Gasteiger partial charge in [-0.1, -0.05) is 5.16 Å². The molecular formula is C12H17N3O2. The molecular weight excluding hydrogens is 218 g/mol. The number of nitrogens with two attached hydrogens (primary N) is 1. The lowest BCUT2D eigenvalue weighted by molar-refractivity contribution is 0.238. The molecule has 92 valence electrons. The van der Waals surface area contributed by atoms with E-state index in [9.17, 15) is 0 Å². The number of aliphatic hydroxyl groups excluding tert-OH is 1. The third kappa shape index (κ3) is 2.50. The second kappa shape index (κ2) is 5.05. The van der Waals surface area contributed by atoms with Gasteiger partial charge < -0.3 is 20.9 Å². The molecule has 1 atom stereocenters. The fraction of sp³-hybridized carbons (Fsp3) is 0.417. The highest BCUT2D eigenvalue weighted by atomic mass is 16.4. The Hall–Kier alpha value is -1.75. The Kier molecular flexibility index (Phi) is 3.49. The molecule has 1 saturated heterocycles. The fourth-order valence-corrected chi connectivity index (χ4v) is 2.12. The zero-order valence-electron chi connectivity index (χ0n) is 9.58. The zero-order valence-corrected chi connectivity index (χ0v) is 9.58. The van der Waals surface area contributed by atoms with Gasteiger partial charge in [0.25, 0.3) is 0 Å². The van der Waals surface area contributed by atoms with Gasteiger partial charge in [-0.2, -0.15) is 0 Å². The Balaban J connectivity index is 2.08. The molecule has 0 amide bonds. The predicted octanol–water partition coefficient (Wildman–Crippen LogP) is 0.600. The zero-order chi connectivity index (χ0) is 12.3. The molecule has 4 N–H and O–H groups in total. The van der Waals surface area contributed by atoms with E-state index in [1.807, 2.05) is 24.3 Å². The Labute approximate surface area is 100 Å². The summed E-state index contributed by atoms with van der Waals surface area (Å²) in [4.78, 5) is 2.23. The standard InChI is InChI=1S/C12H17N3O2/c13-12(14-17)10-1-3-11(4-2-10)15-6-5-9(7-15)8-16/h1-4,9,16-17H,5-8H2,(H2,13,14). The summed E-state index contributed by atoms with van der Waals surface area (Å²) in [5.41, 5.74) is 7.30. The molecule has 1 unspecified atom stereocenters. The normalized spacial score (nSPS) is 20.9. The molecule has 1 aliphatic heterocycles. The van der Waals surface area contributed by atoms with Crippen LogP contribution in [0.4, 0.5) is 5.69 Å². The minimum absolute atomic E-state index is 0.117. The van der Waals surface area contributed by atoms with E-state index in [4.69, 9.17) is 16.0 Å². The van der Waals surface area contributed by atoms with Crippen LogP contribution in [0.3, 0.4) is 0 Å². The molecule has 0 aliphatic carbocycles. The van der Waals surface area contributed by atoms with Gasteiger partial charge in [0.05, 0.1) is 0 Å². The highest BCUT2D eigenvalue weighted by Gasteiger charge is 2.21. The summed E-state index contributed by atoms with van der Waals surface area (Å²) in [6.07, 6.45) is 1.03. The Morgan fingerprint density at radius 3 is 2.65 bits per heavy atom. The van der Waals surface area contributed by atoms with Crippen molar-refractivity contribution in [2.45, 2.75) is 6.42 Å². The molecule has 0 bridgehead atoms. The monoisotopic (exact) mass is 235 g/mol. The number of benzene rings is 1. The number of nitrogens with zero attached hydrogens (tertiary/aromatic N) is 2. The van der Waals surface area contributed by atoms with E-state index in [1.165, 1.54) is 0 Å². The molecule has 5 nitrogen and oxygen atoms in total. The Bertz CT molecular complexity index is 403. The van der Waals surface area contributed by atoms with Crippen molar-refractivity contribution in [2.75, 3.05) is 24.6 Å². The highest BCUT2D eigenvalue weighted by molar-refractivity contribution is 5.97. The Morgan fingerprint density at radius 1 is 1.41 bits per heavy atom. The van der Waals surface area contributed by atoms with Crippen LogP contribution >= 0.6 is 0 Å². The largest absolute Gasteiger partial charge is 0.409 e. The van der Waals surface area contributed by atoms with E-state index in [1.54, 1.807) is 0 Å². The van der Waals surface area contributed by atoms with Crippen LogP contribution in [0.25, 0.3) is 0 Å². The number of anilines is 1. The number of hydrogen-bond acceptors (Lipinski definition) is 4. The lowest BCUT2D eigenvalue weighted by Crippen LogP contribution is -2.20. The van der Waals surface area contributed by atoms with E-state index >= 15 is 0 Å². The first-order valence-corrected chi connectivity index (χ1v) is 5.68. The number of aliphatic hydroxyl groups is 1. The molecule has 0 radical (unpaired) electrons. The van der Waals surface area contributed by atoms with E-state index in [-0.39, 0.29) is 12.4 Å². The van der Waals surface area contributed by atoms with Gasteiger partial charge in [0, 0.05) is 36.9 Å². The second-order valence-electron chi connectivity index (χ2n) is 4.32. The molecule has 1 fully saturated rings. The van der Waals surface area contributed by atoms with Crippen LogP contribution in [0.15, 0.2) is 29.4 Å². The molecule has 0 saturated carbocycles. The summed E-state index contributed by atoms with van der Waals surface area (Å²) < 4.78 is 0. The van der Waals surface area contributed by atoms with Gasteiger partial charge in [0.15, 0.2) is 5.84 Å². The average molecular weight is 235 g/mol. The maximum atomic E-state index is 9.09. The molecule has 17 heavy (non-hydrogen) atoms. The molecule has 5 heteroatoms. The van der Waals surface area contributed by atoms with Crippen LogP contribution in [0.5, 0.6) is 0 Å². The number of amidine groups is 1. The van der Waals surface area contributed by atoms with Crippen LogP contribution in [0, 0.1) is 5.92 Å². The van der Waals surface area contributed by atoms with Crippen molar-refractivity contribution in [3.8, 4) is 0 Å². The van der Waals surface area contributed by atoms with Crippen molar-refractivity contribution in [1.29, 1.82) is 0 Å². The third-order valence-corrected chi connectivity index (χ3v) is 3.18. The van der Waals surface area contributed by atoms with Crippen molar-refractivity contribution in [1.82, 2.24) is 0 Å². The number of oxime groups is 1. The first kappa shape index (κ1) is 11.7. The van der Waals surface area contributed by atoms with Crippen LogP contribution < -0.4 is 10.6 Å². The quantitative estimate of drug-likeness (QED) is 0.310. The van der Waals surface area contributed by atoms with Crippen LogP contribution in [0.1, 0.15) is 12.0 Å². The van der Waals surface area contributed by atoms with Gasteiger partial charge in [-0.05, 0) is 30.7 Å². The first-order valence-electron chi connectivity index (χ1n) is 5.68. The van der Waals surface area contributed by atoms with Gasteiger partial charge in [-0.25, -0.2) is 0 Å². The predicted molar refractivity (Wildman–Crippen MR) is 66.4 cm³/mol. The summed E-state index contributed by atoms with van der Waals surface area (Å²) in [6.45, 7) is 2.10. The van der Waals surface area contributed by atoms with Crippen molar-refractivity contribution in [3.63, 3.8) is 0 Å². The number of hydrogen-bond donors (Lipinski definition) is 3. The van der Waals surface area contributed by atoms with Crippen LogP contribution in [0.2, 0.25) is 0 Å². The van der Waals surface area contributed by atoms with E-state index in [0.29, 0.717) is 11.5 Å². The lowest BCUT2D eigenvalue weighted by atomic mass is 10.1. The summed E-state index contributed by atoms with van der Waals surface area (Å²) in [5.74, 6) is 0.491. The molecule has 2 rings (SSSR count). The summed E-state index contributed by atoms with van der Waals surface area (Å²) in [5, 5.41) is 20.6. The SMILES string of the molecule is N/C(=N/O)c1ccc(N2CCC(CO)C2)cc1. The van der Waals surface area contributed by atoms with E-state index in [0.717, 1.165) is 25.2 Å².